The Morgan fingerprint density at radius 3 is 3.00 bits per heavy atom. The number of carboxylic acids is 1. The average Bonchev–Trinajstić information content (AvgIpc) is 3.07. The van der Waals surface area contributed by atoms with E-state index in [-0.39, 0.29) is 23.1 Å². The Morgan fingerprint density at radius 1 is 1.40 bits per heavy atom. The number of aromatic nitrogens is 5. The standard InChI is InChI=1S/C11H6BrN5O3/c12-5-2-1-3-13-6(5)9-16-10(20-17-9)7-8(11(18)19)15-4-14-7/h1-4H,(H,14,15)(H,18,19). The molecule has 0 saturated heterocycles. The Hall–Kier alpha value is -2.55. The molecule has 3 rings (SSSR count). The van der Waals surface area contributed by atoms with Gasteiger partial charge in [-0.1, -0.05) is 5.16 Å². The van der Waals surface area contributed by atoms with Crippen molar-refractivity contribution in [3.05, 3.63) is 34.8 Å². The first-order valence-corrected chi connectivity index (χ1v) is 6.17. The van der Waals surface area contributed by atoms with Gasteiger partial charge in [0, 0.05) is 10.7 Å². The van der Waals surface area contributed by atoms with Crippen LogP contribution in [0.25, 0.3) is 23.1 Å². The van der Waals surface area contributed by atoms with E-state index in [1.165, 1.54) is 6.33 Å². The van der Waals surface area contributed by atoms with Crippen LogP contribution in [0.3, 0.4) is 0 Å². The van der Waals surface area contributed by atoms with Crippen LogP contribution >= 0.6 is 15.9 Å². The van der Waals surface area contributed by atoms with Crippen molar-refractivity contribution in [2.75, 3.05) is 0 Å². The topological polar surface area (TPSA) is 118 Å². The molecule has 8 nitrogen and oxygen atoms in total. The SMILES string of the molecule is O=C(O)c1nc[nH]c1-c1nc(-c2ncccc2Br)no1. The molecule has 0 aliphatic heterocycles. The lowest BCUT2D eigenvalue weighted by Gasteiger charge is -1.95. The number of halogens is 1. The van der Waals surface area contributed by atoms with Gasteiger partial charge in [0.05, 0.1) is 6.33 Å². The first-order valence-electron chi connectivity index (χ1n) is 5.38. The van der Waals surface area contributed by atoms with Gasteiger partial charge in [-0.3, -0.25) is 4.98 Å². The highest BCUT2D eigenvalue weighted by molar-refractivity contribution is 9.10. The Kier molecular flexibility index (Phi) is 3.03. The quantitative estimate of drug-likeness (QED) is 0.751. The fourth-order valence-corrected chi connectivity index (χ4v) is 2.02. The highest BCUT2D eigenvalue weighted by Crippen LogP contribution is 2.26. The van der Waals surface area contributed by atoms with E-state index in [9.17, 15) is 4.79 Å². The van der Waals surface area contributed by atoms with Crippen LogP contribution < -0.4 is 0 Å². The molecule has 9 heteroatoms. The molecule has 0 spiro atoms. The van der Waals surface area contributed by atoms with Crippen LogP contribution in [0.1, 0.15) is 10.5 Å². The number of imidazole rings is 1. The molecular formula is C11H6BrN5O3. The molecule has 3 aromatic heterocycles. The fourth-order valence-electron chi connectivity index (χ4n) is 1.59. The molecule has 0 radical (unpaired) electrons. The third-order valence-corrected chi connectivity index (χ3v) is 3.09. The van der Waals surface area contributed by atoms with E-state index >= 15 is 0 Å². The second-order valence-electron chi connectivity index (χ2n) is 3.69. The van der Waals surface area contributed by atoms with Crippen LogP contribution in [0.2, 0.25) is 0 Å². The van der Waals surface area contributed by atoms with Gasteiger partial charge in [-0.05, 0) is 28.1 Å². The third kappa shape index (κ3) is 2.07. The minimum Gasteiger partial charge on any atom is -0.476 e. The van der Waals surface area contributed by atoms with Crippen LogP contribution in [0.15, 0.2) is 33.7 Å². The van der Waals surface area contributed by atoms with Gasteiger partial charge in [0.2, 0.25) is 5.82 Å². The number of rotatable bonds is 3. The number of pyridine rings is 1. The Bertz CT molecular complexity index is 782. The summed E-state index contributed by atoms with van der Waals surface area (Å²) in [6, 6.07) is 3.54. The number of aromatic carboxylic acids is 1. The van der Waals surface area contributed by atoms with Gasteiger partial charge >= 0.3 is 5.97 Å². The third-order valence-electron chi connectivity index (χ3n) is 2.45. The molecule has 20 heavy (non-hydrogen) atoms. The summed E-state index contributed by atoms with van der Waals surface area (Å²) in [4.78, 5) is 25.6. The Balaban J connectivity index is 2.05. The lowest BCUT2D eigenvalue weighted by atomic mass is 10.3. The monoisotopic (exact) mass is 335 g/mol. The summed E-state index contributed by atoms with van der Waals surface area (Å²) < 4.78 is 5.76. The fraction of sp³-hybridized carbons (Fsp3) is 0. The zero-order valence-corrected chi connectivity index (χ0v) is 11.3. The van der Waals surface area contributed by atoms with Crippen molar-refractivity contribution in [1.82, 2.24) is 25.1 Å². The van der Waals surface area contributed by atoms with E-state index in [0.717, 1.165) is 0 Å². The number of carbonyl (C=O) groups is 1. The van der Waals surface area contributed by atoms with Gasteiger partial charge in [-0.15, -0.1) is 0 Å². The normalized spacial score (nSPS) is 10.7. The van der Waals surface area contributed by atoms with Crippen molar-refractivity contribution >= 4 is 21.9 Å². The van der Waals surface area contributed by atoms with Crippen molar-refractivity contribution in [3.63, 3.8) is 0 Å². The van der Waals surface area contributed by atoms with Gasteiger partial charge in [-0.2, -0.15) is 4.98 Å². The van der Waals surface area contributed by atoms with E-state index in [0.29, 0.717) is 10.2 Å². The molecule has 0 amide bonds. The number of nitrogens with zero attached hydrogens (tertiary/aromatic N) is 4. The maximum absolute atomic E-state index is 11.0. The first kappa shape index (κ1) is 12.5. The molecule has 2 N–H and O–H groups in total. The average molecular weight is 336 g/mol. The zero-order chi connectivity index (χ0) is 14.1. The largest absolute Gasteiger partial charge is 0.476 e. The molecule has 0 saturated carbocycles. The van der Waals surface area contributed by atoms with Crippen molar-refractivity contribution < 1.29 is 14.4 Å². The van der Waals surface area contributed by atoms with Crippen LogP contribution in [-0.2, 0) is 0 Å². The molecule has 3 aromatic rings. The lowest BCUT2D eigenvalue weighted by molar-refractivity contribution is 0.0691. The molecule has 0 fully saturated rings. The summed E-state index contributed by atoms with van der Waals surface area (Å²) in [6.07, 6.45) is 2.84. The maximum Gasteiger partial charge on any atom is 0.356 e. The van der Waals surface area contributed by atoms with Crippen molar-refractivity contribution in [2.24, 2.45) is 0 Å². The summed E-state index contributed by atoms with van der Waals surface area (Å²) in [7, 11) is 0. The van der Waals surface area contributed by atoms with Crippen LogP contribution in [-0.4, -0.2) is 36.2 Å². The molecule has 0 atom stereocenters. The second-order valence-corrected chi connectivity index (χ2v) is 4.54. The summed E-state index contributed by atoms with van der Waals surface area (Å²) in [6.45, 7) is 0. The number of carboxylic acid groups (broad SMARTS) is 1. The number of hydrogen-bond acceptors (Lipinski definition) is 6. The van der Waals surface area contributed by atoms with Crippen molar-refractivity contribution in [2.45, 2.75) is 0 Å². The van der Waals surface area contributed by atoms with Crippen molar-refractivity contribution in [1.29, 1.82) is 0 Å². The molecule has 100 valence electrons. The van der Waals surface area contributed by atoms with Crippen LogP contribution in [0.4, 0.5) is 0 Å². The highest BCUT2D eigenvalue weighted by Gasteiger charge is 2.21. The second kappa shape index (κ2) is 4.85. The molecule has 0 unspecified atom stereocenters. The Morgan fingerprint density at radius 2 is 2.25 bits per heavy atom. The van der Waals surface area contributed by atoms with E-state index < -0.39 is 5.97 Å². The van der Waals surface area contributed by atoms with E-state index in [1.54, 1.807) is 18.3 Å². The van der Waals surface area contributed by atoms with Gasteiger partial charge in [-0.25, -0.2) is 9.78 Å². The summed E-state index contributed by atoms with van der Waals surface area (Å²) >= 11 is 3.33. The van der Waals surface area contributed by atoms with E-state index in [4.69, 9.17) is 9.63 Å². The van der Waals surface area contributed by atoms with E-state index in [2.05, 4.69) is 41.0 Å². The van der Waals surface area contributed by atoms with Gasteiger partial charge < -0.3 is 14.6 Å². The summed E-state index contributed by atoms with van der Waals surface area (Å²) in [5, 5.41) is 12.8. The number of hydrogen-bond donors (Lipinski definition) is 2. The smallest absolute Gasteiger partial charge is 0.356 e. The molecule has 0 bridgehead atoms. The molecule has 0 aliphatic rings. The highest BCUT2D eigenvalue weighted by atomic mass is 79.9. The molecule has 0 aromatic carbocycles. The number of nitrogens with one attached hydrogen (secondary N) is 1. The predicted molar refractivity (Wildman–Crippen MR) is 69.8 cm³/mol. The molecule has 3 heterocycles. The van der Waals surface area contributed by atoms with Crippen LogP contribution in [0.5, 0.6) is 0 Å². The first-order chi connectivity index (χ1) is 9.66. The maximum atomic E-state index is 11.0. The van der Waals surface area contributed by atoms with Gasteiger partial charge in [0.1, 0.15) is 11.4 Å². The van der Waals surface area contributed by atoms with Crippen molar-refractivity contribution in [3.8, 4) is 23.1 Å². The van der Waals surface area contributed by atoms with E-state index in [1.807, 2.05) is 0 Å². The van der Waals surface area contributed by atoms with Crippen LogP contribution in [0, 0.1) is 0 Å². The minimum atomic E-state index is -1.18. The predicted octanol–water partition coefficient (Wildman–Crippen LogP) is 1.98. The number of aromatic amines is 1. The van der Waals surface area contributed by atoms with Gasteiger partial charge in [0.25, 0.3) is 5.89 Å². The molecule has 0 aliphatic carbocycles. The van der Waals surface area contributed by atoms with Gasteiger partial charge in [0.15, 0.2) is 5.69 Å². The molecular weight excluding hydrogens is 330 g/mol. The summed E-state index contributed by atoms with van der Waals surface area (Å²) in [5.74, 6) is -0.897. The lowest BCUT2D eigenvalue weighted by Crippen LogP contribution is -1.99. The minimum absolute atomic E-state index is 0.0347. The summed E-state index contributed by atoms with van der Waals surface area (Å²) in [5.41, 5.74) is 0.475. The Labute approximate surface area is 120 Å². The number of H-pyrrole nitrogens is 1. The zero-order valence-electron chi connectivity index (χ0n) is 9.74.